The molecule has 0 unspecified atom stereocenters. The largest absolute Gasteiger partial charge is 0.496 e. The number of carbonyl (C=O) groups excluding carboxylic acids is 1. The Balaban J connectivity index is 1.59. The molecule has 0 spiro atoms. The molecule has 0 saturated carbocycles. The molecular weight excluding hydrogens is 440 g/mol. The van der Waals surface area contributed by atoms with E-state index < -0.39 is 0 Å². The number of fused-ring (bicyclic) bond motifs is 3. The molecular formula is C20H17BrN4O2S. The highest BCUT2D eigenvalue weighted by atomic mass is 79.9. The summed E-state index contributed by atoms with van der Waals surface area (Å²) >= 11 is 4.70. The Morgan fingerprint density at radius 1 is 1.21 bits per heavy atom. The quantitative estimate of drug-likeness (QED) is 0.308. The van der Waals surface area contributed by atoms with E-state index in [0.717, 1.165) is 33.1 Å². The Bertz CT molecular complexity index is 1190. The maximum atomic E-state index is 12.5. The zero-order chi connectivity index (χ0) is 19.7. The number of benzene rings is 2. The lowest BCUT2D eigenvalue weighted by Gasteiger charge is -2.06. The van der Waals surface area contributed by atoms with Crippen LogP contribution in [0.5, 0.6) is 5.75 Å². The molecule has 4 rings (SSSR count). The van der Waals surface area contributed by atoms with Crippen molar-refractivity contribution in [2.24, 2.45) is 0 Å². The number of ketones is 1. The highest BCUT2D eigenvalue weighted by Crippen LogP contribution is 2.28. The number of hydrogen-bond donors (Lipinski definition) is 0. The highest BCUT2D eigenvalue weighted by Gasteiger charge is 2.15. The SMILES string of the molecule is CCn1c2ccccc2c2nnc(SCC(=O)c3ccc(OC)c(Br)c3)nc21. The van der Waals surface area contributed by atoms with Crippen molar-refractivity contribution >= 4 is 55.5 Å². The van der Waals surface area contributed by atoms with E-state index in [1.807, 2.05) is 18.2 Å². The second kappa shape index (κ2) is 7.89. The summed E-state index contributed by atoms with van der Waals surface area (Å²) in [4.78, 5) is 17.2. The first-order valence-corrected chi connectivity index (χ1v) is 10.5. The summed E-state index contributed by atoms with van der Waals surface area (Å²) in [5, 5.41) is 10.1. The molecule has 4 aromatic rings. The molecule has 0 aliphatic heterocycles. The second-order valence-electron chi connectivity index (χ2n) is 6.09. The number of aromatic nitrogens is 4. The van der Waals surface area contributed by atoms with Crippen LogP contribution in [0.25, 0.3) is 22.1 Å². The summed E-state index contributed by atoms with van der Waals surface area (Å²) in [5.74, 6) is 0.917. The Morgan fingerprint density at radius 3 is 2.79 bits per heavy atom. The summed E-state index contributed by atoms with van der Waals surface area (Å²) in [6.45, 7) is 2.86. The zero-order valence-electron chi connectivity index (χ0n) is 15.3. The van der Waals surface area contributed by atoms with E-state index in [1.165, 1.54) is 11.8 Å². The van der Waals surface area contributed by atoms with Crippen LogP contribution in [0.1, 0.15) is 17.3 Å². The molecule has 0 N–H and O–H groups in total. The van der Waals surface area contributed by atoms with Gasteiger partial charge >= 0.3 is 0 Å². The van der Waals surface area contributed by atoms with Gasteiger partial charge in [-0.2, -0.15) is 0 Å². The lowest BCUT2D eigenvalue weighted by molar-refractivity contribution is 0.102. The summed E-state index contributed by atoms with van der Waals surface area (Å²) < 4.78 is 8.07. The third-order valence-corrected chi connectivity index (χ3v) is 5.93. The lowest BCUT2D eigenvalue weighted by Crippen LogP contribution is -2.04. The number of aryl methyl sites for hydroxylation is 1. The Morgan fingerprint density at radius 2 is 2.04 bits per heavy atom. The molecule has 0 aliphatic rings. The Kier molecular flexibility index (Phi) is 5.32. The van der Waals surface area contributed by atoms with E-state index >= 15 is 0 Å². The molecule has 0 saturated heterocycles. The van der Waals surface area contributed by atoms with Crippen LogP contribution in [-0.4, -0.2) is 38.4 Å². The average Bonchev–Trinajstić information content (AvgIpc) is 3.04. The number of carbonyl (C=O) groups is 1. The molecule has 142 valence electrons. The van der Waals surface area contributed by atoms with Gasteiger partial charge in [-0.05, 0) is 47.1 Å². The normalized spacial score (nSPS) is 11.2. The number of rotatable bonds is 6. The summed E-state index contributed by atoms with van der Waals surface area (Å²) in [6, 6.07) is 13.4. The van der Waals surface area contributed by atoms with Gasteiger partial charge in [0.25, 0.3) is 0 Å². The van der Waals surface area contributed by atoms with E-state index in [2.05, 4.69) is 48.7 Å². The Hall–Kier alpha value is -2.45. The van der Waals surface area contributed by atoms with Crippen molar-refractivity contribution in [3.05, 3.63) is 52.5 Å². The zero-order valence-corrected chi connectivity index (χ0v) is 17.7. The average molecular weight is 457 g/mol. The summed E-state index contributed by atoms with van der Waals surface area (Å²) in [5.41, 5.74) is 3.27. The number of thioether (sulfide) groups is 1. The molecule has 8 heteroatoms. The van der Waals surface area contributed by atoms with E-state index in [4.69, 9.17) is 4.74 Å². The standard InChI is InChI=1S/C20H17BrN4O2S/c1-3-25-15-7-5-4-6-13(15)18-19(25)22-20(24-23-18)28-11-16(26)12-8-9-17(27-2)14(21)10-12/h4-10H,3,11H2,1-2H3. The molecule has 2 aromatic carbocycles. The number of halogens is 1. The first kappa shape index (κ1) is 18.9. The molecule has 0 fully saturated rings. The molecule has 2 heterocycles. The van der Waals surface area contributed by atoms with Gasteiger partial charge in [-0.25, -0.2) is 4.98 Å². The lowest BCUT2D eigenvalue weighted by atomic mass is 10.1. The van der Waals surface area contributed by atoms with Crippen molar-refractivity contribution in [2.75, 3.05) is 12.9 Å². The van der Waals surface area contributed by atoms with Gasteiger partial charge in [0, 0.05) is 17.5 Å². The van der Waals surface area contributed by atoms with Gasteiger partial charge in [0.2, 0.25) is 5.16 Å². The molecule has 2 aromatic heterocycles. The van der Waals surface area contributed by atoms with E-state index in [0.29, 0.717) is 16.5 Å². The number of nitrogens with zero attached hydrogens (tertiary/aromatic N) is 4. The third-order valence-electron chi connectivity index (χ3n) is 4.48. The van der Waals surface area contributed by atoms with E-state index in [9.17, 15) is 4.79 Å². The van der Waals surface area contributed by atoms with Crippen LogP contribution in [0, 0.1) is 0 Å². The van der Waals surface area contributed by atoms with Gasteiger partial charge in [0.05, 0.1) is 22.9 Å². The first-order chi connectivity index (χ1) is 13.6. The second-order valence-corrected chi connectivity index (χ2v) is 7.89. The van der Waals surface area contributed by atoms with E-state index in [-0.39, 0.29) is 11.5 Å². The van der Waals surface area contributed by atoms with Gasteiger partial charge in [0.15, 0.2) is 11.4 Å². The third kappa shape index (κ3) is 3.38. The van der Waals surface area contributed by atoms with Crippen LogP contribution in [0.15, 0.2) is 52.1 Å². The number of para-hydroxylation sites is 1. The molecule has 0 bridgehead atoms. The monoisotopic (exact) mass is 456 g/mol. The minimum absolute atomic E-state index is 0.00640. The van der Waals surface area contributed by atoms with Gasteiger partial charge in [0.1, 0.15) is 11.3 Å². The first-order valence-electron chi connectivity index (χ1n) is 8.73. The summed E-state index contributed by atoms with van der Waals surface area (Å²) in [6.07, 6.45) is 0. The maximum Gasteiger partial charge on any atom is 0.211 e. The van der Waals surface area contributed by atoms with E-state index in [1.54, 1.807) is 25.3 Å². The summed E-state index contributed by atoms with van der Waals surface area (Å²) in [7, 11) is 1.59. The highest BCUT2D eigenvalue weighted by molar-refractivity contribution is 9.10. The fourth-order valence-corrected chi connectivity index (χ4v) is 4.34. The van der Waals surface area contributed by atoms with Gasteiger partial charge < -0.3 is 9.30 Å². The van der Waals surface area contributed by atoms with Crippen molar-refractivity contribution in [3.8, 4) is 5.75 Å². The van der Waals surface area contributed by atoms with Crippen LogP contribution in [0.2, 0.25) is 0 Å². The van der Waals surface area contributed by atoms with Crippen LogP contribution in [0.3, 0.4) is 0 Å². The smallest absolute Gasteiger partial charge is 0.211 e. The van der Waals surface area contributed by atoms with Crippen molar-refractivity contribution in [1.29, 1.82) is 0 Å². The van der Waals surface area contributed by atoms with Crippen LogP contribution in [-0.2, 0) is 6.54 Å². The predicted octanol–water partition coefficient (Wildman–Crippen LogP) is 4.75. The van der Waals surface area contributed by atoms with Crippen LogP contribution < -0.4 is 4.74 Å². The fourth-order valence-electron chi connectivity index (χ4n) is 3.12. The van der Waals surface area contributed by atoms with Crippen molar-refractivity contribution in [1.82, 2.24) is 19.7 Å². The topological polar surface area (TPSA) is 69.9 Å². The number of hydrogen-bond acceptors (Lipinski definition) is 6. The van der Waals surface area contributed by atoms with Crippen molar-refractivity contribution in [2.45, 2.75) is 18.6 Å². The molecule has 0 aliphatic carbocycles. The maximum absolute atomic E-state index is 12.5. The number of Topliss-reactive ketones (excluding diaryl/α,β-unsaturated/α-hetero) is 1. The van der Waals surface area contributed by atoms with Gasteiger partial charge in [-0.3, -0.25) is 4.79 Å². The molecule has 6 nitrogen and oxygen atoms in total. The van der Waals surface area contributed by atoms with Crippen LogP contribution in [0.4, 0.5) is 0 Å². The van der Waals surface area contributed by atoms with Crippen molar-refractivity contribution in [3.63, 3.8) is 0 Å². The molecule has 0 radical (unpaired) electrons. The predicted molar refractivity (Wildman–Crippen MR) is 114 cm³/mol. The molecule has 0 atom stereocenters. The van der Waals surface area contributed by atoms with Gasteiger partial charge in [-0.1, -0.05) is 30.0 Å². The molecule has 0 amide bonds. The minimum atomic E-state index is -0.00640. The number of methoxy groups -OCH3 is 1. The van der Waals surface area contributed by atoms with Gasteiger partial charge in [-0.15, -0.1) is 10.2 Å². The molecule has 28 heavy (non-hydrogen) atoms. The van der Waals surface area contributed by atoms with Crippen LogP contribution >= 0.6 is 27.7 Å². The Labute approximate surface area is 174 Å². The number of ether oxygens (including phenoxy) is 1. The van der Waals surface area contributed by atoms with Crippen molar-refractivity contribution < 1.29 is 9.53 Å². The minimum Gasteiger partial charge on any atom is -0.496 e. The fraction of sp³-hybridized carbons (Fsp3) is 0.200.